The van der Waals surface area contributed by atoms with Crippen molar-refractivity contribution in [1.82, 2.24) is 4.98 Å². The largest absolute Gasteiger partial charge is 0.868 e. The SMILES string of the molecule is N#C/C(=C\c1ccc([O-])c([N+](=O)[O-])c1)c1nc(-c2ccccc2)cs1. The van der Waals surface area contributed by atoms with E-state index in [1.807, 2.05) is 35.7 Å². The van der Waals surface area contributed by atoms with Crippen molar-refractivity contribution in [3.63, 3.8) is 0 Å². The fourth-order valence-electron chi connectivity index (χ4n) is 2.21. The van der Waals surface area contributed by atoms with E-state index in [1.165, 1.54) is 23.5 Å². The van der Waals surface area contributed by atoms with Crippen molar-refractivity contribution in [1.29, 1.82) is 5.26 Å². The van der Waals surface area contributed by atoms with Crippen LogP contribution in [0, 0.1) is 21.4 Å². The van der Waals surface area contributed by atoms with Crippen molar-refractivity contribution in [2.75, 3.05) is 0 Å². The third-order valence-corrected chi connectivity index (χ3v) is 4.29. The molecule has 0 unspecified atom stereocenters. The average Bonchev–Trinajstić information content (AvgIpc) is 3.11. The summed E-state index contributed by atoms with van der Waals surface area (Å²) in [5, 5.41) is 34.1. The van der Waals surface area contributed by atoms with Crippen LogP contribution in [-0.2, 0) is 0 Å². The standard InChI is InChI=1S/C18H11N3O3S/c19-10-14(8-12-6-7-17(22)16(9-12)21(23)24)18-20-15(11-25-18)13-4-2-1-3-5-13/h1-9,11,22H/p-1/b14-8+. The molecule has 122 valence electrons. The van der Waals surface area contributed by atoms with Crippen molar-refractivity contribution in [3.8, 4) is 23.1 Å². The summed E-state index contributed by atoms with van der Waals surface area (Å²) >= 11 is 1.31. The molecule has 0 amide bonds. The highest BCUT2D eigenvalue weighted by Crippen LogP contribution is 2.29. The summed E-state index contributed by atoms with van der Waals surface area (Å²) in [6.45, 7) is 0. The molecule has 0 spiro atoms. The second-order valence-electron chi connectivity index (χ2n) is 5.06. The maximum atomic E-state index is 11.5. The van der Waals surface area contributed by atoms with Crippen molar-refractivity contribution < 1.29 is 10.0 Å². The van der Waals surface area contributed by atoms with Gasteiger partial charge in [-0.2, -0.15) is 5.26 Å². The molecule has 0 radical (unpaired) electrons. The number of nitriles is 1. The highest BCUT2D eigenvalue weighted by molar-refractivity contribution is 7.11. The van der Waals surface area contributed by atoms with Crippen LogP contribution >= 0.6 is 11.3 Å². The van der Waals surface area contributed by atoms with Gasteiger partial charge in [0.15, 0.2) is 0 Å². The maximum Gasteiger partial charge on any atom is 0.262 e. The van der Waals surface area contributed by atoms with Gasteiger partial charge in [0.25, 0.3) is 5.69 Å². The van der Waals surface area contributed by atoms with Gasteiger partial charge in [0, 0.05) is 17.0 Å². The van der Waals surface area contributed by atoms with Gasteiger partial charge < -0.3 is 5.11 Å². The molecule has 0 saturated carbocycles. The van der Waals surface area contributed by atoms with Gasteiger partial charge in [0.1, 0.15) is 11.1 Å². The Balaban J connectivity index is 1.97. The molecule has 6 nitrogen and oxygen atoms in total. The van der Waals surface area contributed by atoms with Gasteiger partial charge in [0.05, 0.1) is 16.2 Å². The predicted octanol–water partition coefficient (Wildman–Crippen LogP) is 3.86. The summed E-state index contributed by atoms with van der Waals surface area (Å²) in [5.41, 5.74) is 1.85. The van der Waals surface area contributed by atoms with Crippen LogP contribution in [0.1, 0.15) is 10.6 Å². The molecule has 7 heteroatoms. The Bertz CT molecular complexity index is 1000. The third kappa shape index (κ3) is 3.54. The fourth-order valence-corrected chi connectivity index (χ4v) is 3.01. The van der Waals surface area contributed by atoms with E-state index in [0.29, 0.717) is 10.6 Å². The number of nitrogens with zero attached hydrogens (tertiary/aromatic N) is 3. The van der Waals surface area contributed by atoms with Gasteiger partial charge in [-0.1, -0.05) is 42.5 Å². The van der Waals surface area contributed by atoms with Gasteiger partial charge in [-0.05, 0) is 17.4 Å². The summed E-state index contributed by atoms with van der Waals surface area (Å²) in [6.07, 6.45) is 1.49. The number of allylic oxidation sites excluding steroid dienone is 1. The minimum atomic E-state index is -0.734. The monoisotopic (exact) mass is 348 g/mol. The minimum absolute atomic E-state index is 0.278. The highest BCUT2D eigenvalue weighted by atomic mass is 32.1. The zero-order valence-corrected chi connectivity index (χ0v) is 13.6. The Morgan fingerprint density at radius 1 is 1.24 bits per heavy atom. The molecule has 2 aromatic carbocycles. The second-order valence-corrected chi connectivity index (χ2v) is 5.92. The first-order chi connectivity index (χ1) is 12.1. The van der Waals surface area contributed by atoms with Crippen LogP contribution in [0.3, 0.4) is 0 Å². The number of rotatable bonds is 4. The molecule has 0 atom stereocenters. The van der Waals surface area contributed by atoms with Crippen molar-refractivity contribution in [2.24, 2.45) is 0 Å². The van der Waals surface area contributed by atoms with Gasteiger partial charge in [-0.25, -0.2) is 4.98 Å². The van der Waals surface area contributed by atoms with Gasteiger partial charge >= 0.3 is 0 Å². The normalized spacial score (nSPS) is 11.1. The maximum absolute atomic E-state index is 11.5. The zero-order chi connectivity index (χ0) is 17.8. The Morgan fingerprint density at radius 2 is 2.00 bits per heavy atom. The van der Waals surface area contributed by atoms with Crippen LogP contribution in [0.25, 0.3) is 22.9 Å². The summed E-state index contributed by atoms with van der Waals surface area (Å²) < 4.78 is 0. The van der Waals surface area contributed by atoms with E-state index in [1.54, 1.807) is 0 Å². The molecule has 0 aliphatic carbocycles. The molecule has 0 aliphatic heterocycles. The summed E-state index contributed by atoms with van der Waals surface area (Å²) in [5.74, 6) is -0.665. The highest BCUT2D eigenvalue weighted by Gasteiger charge is 2.11. The summed E-state index contributed by atoms with van der Waals surface area (Å²) in [7, 11) is 0. The number of nitro benzene ring substituents is 1. The van der Waals surface area contributed by atoms with E-state index in [9.17, 15) is 20.5 Å². The molecule has 25 heavy (non-hydrogen) atoms. The lowest BCUT2D eigenvalue weighted by atomic mass is 10.1. The van der Waals surface area contributed by atoms with Crippen LogP contribution in [0.2, 0.25) is 0 Å². The molecule has 0 aliphatic rings. The molecule has 1 aromatic heterocycles. The predicted molar refractivity (Wildman–Crippen MR) is 93.6 cm³/mol. The Morgan fingerprint density at radius 3 is 2.68 bits per heavy atom. The first-order valence-electron chi connectivity index (χ1n) is 7.17. The molecule has 0 saturated heterocycles. The molecule has 1 heterocycles. The lowest BCUT2D eigenvalue weighted by Crippen LogP contribution is -1.97. The van der Waals surface area contributed by atoms with Gasteiger partial charge in [-0.15, -0.1) is 11.3 Å². The van der Waals surface area contributed by atoms with E-state index in [0.717, 1.165) is 23.4 Å². The Labute approximate surface area is 147 Å². The molecular formula is C18H10N3O3S-. The number of benzene rings is 2. The molecule has 0 fully saturated rings. The van der Waals surface area contributed by atoms with Crippen LogP contribution < -0.4 is 5.11 Å². The molecule has 0 bridgehead atoms. The van der Waals surface area contributed by atoms with Gasteiger partial charge in [0.2, 0.25) is 0 Å². The molecule has 3 aromatic rings. The molecule has 3 rings (SSSR count). The molecular weight excluding hydrogens is 338 g/mol. The summed E-state index contributed by atoms with van der Waals surface area (Å²) in [6, 6.07) is 15.3. The lowest BCUT2D eigenvalue weighted by molar-refractivity contribution is -0.398. The van der Waals surface area contributed by atoms with Crippen molar-refractivity contribution >= 4 is 28.7 Å². The minimum Gasteiger partial charge on any atom is -0.868 e. The van der Waals surface area contributed by atoms with Crippen molar-refractivity contribution in [2.45, 2.75) is 0 Å². The van der Waals surface area contributed by atoms with Gasteiger partial charge in [-0.3, -0.25) is 10.1 Å². The quantitative estimate of drug-likeness (QED) is 0.405. The van der Waals surface area contributed by atoms with Crippen LogP contribution in [-0.4, -0.2) is 9.91 Å². The second kappa shape index (κ2) is 6.95. The van der Waals surface area contributed by atoms with E-state index >= 15 is 0 Å². The van der Waals surface area contributed by atoms with E-state index in [2.05, 4.69) is 11.1 Å². The first-order valence-corrected chi connectivity index (χ1v) is 8.05. The van der Waals surface area contributed by atoms with Crippen LogP contribution in [0.5, 0.6) is 5.75 Å². The van der Waals surface area contributed by atoms with E-state index in [4.69, 9.17) is 0 Å². The number of hydrogen-bond donors (Lipinski definition) is 0. The van der Waals surface area contributed by atoms with Crippen LogP contribution in [0.15, 0.2) is 53.9 Å². The smallest absolute Gasteiger partial charge is 0.262 e. The van der Waals surface area contributed by atoms with E-state index < -0.39 is 16.4 Å². The Hall–Kier alpha value is -3.50. The van der Waals surface area contributed by atoms with Crippen LogP contribution in [0.4, 0.5) is 5.69 Å². The third-order valence-electron chi connectivity index (χ3n) is 3.42. The number of hydrogen-bond acceptors (Lipinski definition) is 6. The lowest BCUT2D eigenvalue weighted by Gasteiger charge is -2.06. The van der Waals surface area contributed by atoms with E-state index in [-0.39, 0.29) is 5.57 Å². The first kappa shape index (κ1) is 16.4. The zero-order valence-electron chi connectivity index (χ0n) is 12.7. The number of nitro groups is 1. The topological polar surface area (TPSA) is 103 Å². The number of thiazole rings is 1. The summed E-state index contributed by atoms with van der Waals surface area (Å²) in [4.78, 5) is 14.6. The Kier molecular flexibility index (Phi) is 4.55. The molecule has 0 N–H and O–H groups in total. The van der Waals surface area contributed by atoms with Crippen molar-refractivity contribution in [3.05, 3.63) is 74.6 Å². The fraction of sp³-hybridized carbons (Fsp3) is 0. The average molecular weight is 348 g/mol. The number of aromatic nitrogens is 1.